The molecule has 1 rings (SSSR count). The Balaban J connectivity index is 3.48. The fourth-order valence-electron chi connectivity index (χ4n) is 1.47. The number of hydrogen-bond acceptors (Lipinski definition) is 3. The van der Waals surface area contributed by atoms with Gasteiger partial charge in [-0.15, -0.1) is 0 Å². The third-order valence-electron chi connectivity index (χ3n) is 2.23. The molecule has 3 nitrogen and oxygen atoms in total. The zero-order valence-corrected chi connectivity index (χ0v) is 10.6. The van der Waals surface area contributed by atoms with Crippen LogP contribution in [0.15, 0.2) is 10.5 Å². The molecular formula is C11H13BrO3. The lowest BCUT2D eigenvalue weighted by Gasteiger charge is -2.14. The number of hydrogen-bond donors (Lipinski definition) is 0. The van der Waals surface area contributed by atoms with Crippen molar-refractivity contribution >= 4 is 22.2 Å². The Bertz CT molecular complexity index is 375. The summed E-state index contributed by atoms with van der Waals surface area (Å²) in [5, 5.41) is 0. The zero-order valence-electron chi connectivity index (χ0n) is 8.96. The summed E-state index contributed by atoms with van der Waals surface area (Å²) < 4.78 is 11.2. The third-order valence-corrected chi connectivity index (χ3v) is 3.07. The average Bonchev–Trinajstić information content (AvgIpc) is 2.27. The van der Waals surface area contributed by atoms with E-state index in [0.29, 0.717) is 17.1 Å². The van der Waals surface area contributed by atoms with Gasteiger partial charge in [0.05, 0.1) is 18.7 Å². The molecule has 0 radical (unpaired) electrons. The minimum absolute atomic E-state index is 0.559. The molecule has 0 aliphatic heterocycles. The maximum atomic E-state index is 10.9. The first kappa shape index (κ1) is 12.0. The Labute approximate surface area is 97.5 Å². The largest absolute Gasteiger partial charge is 0.493 e. The molecule has 82 valence electrons. The fraction of sp³-hybridized carbons (Fsp3) is 0.364. The molecule has 0 fully saturated rings. The number of carbonyl (C=O) groups excluding carboxylic acids is 1. The highest BCUT2D eigenvalue weighted by molar-refractivity contribution is 9.10. The summed E-state index contributed by atoms with van der Waals surface area (Å²) in [6.45, 7) is 1.99. The SMILES string of the molecule is CCc1c(C=O)cc(OC)c(OC)c1Br. The second-order valence-electron chi connectivity index (χ2n) is 2.97. The van der Waals surface area contributed by atoms with Crippen molar-refractivity contribution in [2.45, 2.75) is 13.3 Å². The zero-order chi connectivity index (χ0) is 11.4. The van der Waals surface area contributed by atoms with Gasteiger partial charge in [0.1, 0.15) is 0 Å². The van der Waals surface area contributed by atoms with Gasteiger partial charge in [-0.2, -0.15) is 0 Å². The maximum absolute atomic E-state index is 10.9. The monoisotopic (exact) mass is 272 g/mol. The van der Waals surface area contributed by atoms with Crippen LogP contribution in [-0.2, 0) is 6.42 Å². The van der Waals surface area contributed by atoms with E-state index in [0.717, 1.165) is 22.7 Å². The third kappa shape index (κ3) is 2.15. The molecule has 1 aromatic carbocycles. The molecule has 0 heterocycles. The van der Waals surface area contributed by atoms with Gasteiger partial charge >= 0.3 is 0 Å². The summed E-state index contributed by atoms with van der Waals surface area (Å²) in [5.74, 6) is 1.18. The fourth-order valence-corrected chi connectivity index (χ4v) is 2.34. The topological polar surface area (TPSA) is 35.5 Å². The van der Waals surface area contributed by atoms with E-state index in [2.05, 4.69) is 15.9 Å². The normalized spacial score (nSPS) is 9.87. The Hall–Kier alpha value is -1.03. The van der Waals surface area contributed by atoms with Crippen LogP contribution in [0.1, 0.15) is 22.8 Å². The summed E-state index contributed by atoms with van der Waals surface area (Å²) in [7, 11) is 3.12. The Morgan fingerprint density at radius 2 is 2.07 bits per heavy atom. The average molecular weight is 273 g/mol. The first-order chi connectivity index (χ1) is 7.19. The van der Waals surface area contributed by atoms with Crippen LogP contribution >= 0.6 is 15.9 Å². The van der Waals surface area contributed by atoms with E-state index < -0.39 is 0 Å². The minimum Gasteiger partial charge on any atom is -0.493 e. The summed E-state index contributed by atoms with van der Waals surface area (Å²) >= 11 is 3.42. The van der Waals surface area contributed by atoms with E-state index in [1.807, 2.05) is 6.92 Å². The molecule has 0 N–H and O–H groups in total. The predicted molar refractivity (Wildman–Crippen MR) is 62.0 cm³/mol. The summed E-state index contributed by atoms with van der Waals surface area (Å²) in [5.41, 5.74) is 1.56. The molecule has 0 bridgehead atoms. The van der Waals surface area contributed by atoms with Crippen LogP contribution < -0.4 is 9.47 Å². The summed E-state index contributed by atoms with van der Waals surface area (Å²) in [6.07, 6.45) is 1.58. The van der Waals surface area contributed by atoms with E-state index in [4.69, 9.17) is 9.47 Å². The van der Waals surface area contributed by atoms with Crippen LogP contribution in [-0.4, -0.2) is 20.5 Å². The van der Waals surface area contributed by atoms with Crippen molar-refractivity contribution < 1.29 is 14.3 Å². The van der Waals surface area contributed by atoms with Gasteiger partial charge in [0.2, 0.25) is 0 Å². The first-order valence-corrected chi connectivity index (χ1v) is 5.37. The quantitative estimate of drug-likeness (QED) is 0.791. The lowest BCUT2D eigenvalue weighted by Crippen LogP contribution is -1.99. The maximum Gasteiger partial charge on any atom is 0.175 e. The lowest BCUT2D eigenvalue weighted by atomic mass is 10.1. The van der Waals surface area contributed by atoms with E-state index in [1.165, 1.54) is 0 Å². The predicted octanol–water partition coefficient (Wildman–Crippen LogP) is 2.84. The van der Waals surface area contributed by atoms with Crippen molar-refractivity contribution in [3.63, 3.8) is 0 Å². The second-order valence-corrected chi connectivity index (χ2v) is 3.76. The second kappa shape index (κ2) is 5.16. The van der Waals surface area contributed by atoms with E-state index >= 15 is 0 Å². The number of benzene rings is 1. The van der Waals surface area contributed by atoms with Crippen molar-refractivity contribution in [3.05, 3.63) is 21.7 Å². The number of carbonyl (C=O) groups is 1. The standard InChI is InChI=1S/C11H13BrO3/c1-4-8-7(6-13)5-9(14-2)11(15-3)10(8)12/h5-6H,4H2,1-3H3. The smallest absolute Gasteiger partial charge is 0.175 e. The van der Waals surface area contributed by atoms with Crippen molar-refractivity contribution in [2.24, 2.45) is 0 Å². The van der Waals surface area contributed by atoms with Gasteiger partial charge in [-0.1, -0.05) is 6.92 Å². The number of ether oxygens (including phenoxy) is 2. The molecule has 0 amide bonds. The van der Waals surface area contributed by atoms with Gasteiger partial charge in [-0.25, -0.2) is 0 Å². The molecule has 0 spiro atoms. The van der Waals surface area contributed by atoms with Crippen LogP contribution in [0.25, 0.3) is 0 Å². The van der Waals surface area contributed by atoms with E-state index in [9.17, 15) is 4.79 Å². The molecule has 0 aliphatic carbocycles. The number of aldehydes is 1. The van der Waals surface area contributed by atoms with E-state index in [-0.39, 0.29) is 0 Å². The molecule has 15 heavy (non-hydrogen) atoms. The highest BCUT2D eigenvalue weighted by atomic mass is 79.9. The van der Waals surface area contributed by atoms with Crippen molar-refractivity contribution in [1.29, 1.82) is 0 Å². The van der Waals surface area contributed by atoms with Crippen LogP contribution in [0.5, 0.6) is 11.5 Å². The lowest BCUT2D eigenvalue weighted by molar-refractivity contribution is 0.112. The van der Waals surface area contributed by atoms with Crippen LogP contribution in [0, 0.1) is 0 Å². The van der Waals surface area contributed by atoms with Gasteiger partial charge < -0.3 is 9.47 Å². The van der Waals surface area contributed by atoms with Crippen molar-refractivity contribution in [2.75, 3.05) is 14.2 Å². The van der Waals surface area contributed by atoms with Gasteiger partial charge in [-0.3, -0.25) is 4.79 Å². The molecule has 0 unspecified atom stereocenters. The molecule has 0 aromatic heterocycles. The first-order valence-electron chi connectivity index (χ1n) is 4.58. The molecular weight excluding hydrogens is 260 g/mol. The Morgan fingerprint density at radius 1 is 1.40 bits per heavy atom. The van der Waals surface area contributed by atoms with Gasteiger partial charge in [-0.05, 0) is 34.0 Å². The molecule has 0 saturated heterocycles. The highest BCUT2D eigenvalue weighted by Crippen LogP contribution is 2.39. The van der Waals surface area contributed by atoms with Gasteiger partial charge in [0.25, 0.3) is 0 Å². The molecule has 1 aromatic rings. The molecule has 0 saturated carbocycles. The molecule has 0 aliphatic rings. The number of methoxy groups -OCH3 is 2. The van der Waals surface area contributed by atoms with Crippen molar-refractivity contribution in [1.82, 2.24) is 0 Å². The highest BCUT2D eigenvalue weighted by Gasteiger charge is 2.15. The van der Waals surface area contributed by atoms with Crippen LogP contribution in [0.3, 0.4) is 0 Å². The summed E-state index contributed by atoms with van der Waals surface area (Å²) in [4.78, 5) is 10.9. The van der Waals surface area contributed by atoms with Crippen LogP contribution in [0.4, 0.5) is 0 Å². The summed E-state index contributed by atoms with van der Waals surface area (Å²) in [6, 6.07) is 1.69. The Kier molecular flexibility index (Phi) is 4.15. The van der Waals surface area contributed by atoms with Crippen molar-refractivity contribution in [3.8, 4) is 11.5 Å². The number of halogens is 1. The molecule has 4 heteroatoms. The Morgan fingerprint density at radius 3 is 2.47 bits per heavy atom. The van der Waals surface area contributed by atoms with E-state index in [1.54, 1.807) is 20.3 Å². The number of rotatable bonds is 4. The van der Waals surface area contributed by atoms with Gasteiger partial charge in [0, 0.05) is 5.56 Å². The minimum atomic E-state index is 0.559. The van der Waals surface area contributed by atoms with Crippen LogP contribution in [0.2, 0.25) is 0 Å². The molecule has 0 atom stereocenters. The van der Waals surface area contributed by atoms with Gasteiger partial charge in [0.15, 0.2) is 17.8 Å².